The van der Waals surface area contributed by atoms with Crippen molar-refractivity contribution < 1.29 is 47.7 Å². The van der Waals surface area contributed by atoms with Crippen LogP contribution in [0.1, 0.15) is 73.3 Å². The van der Waals surface area contributed by atoms with E-state index < -0.39 is 47.1 Å². The van der Waals surface area contributed by atoms with Crippen molar-refractivity contribution in [2.75, 3.05) is 77.7 Å². The van der Waals surface area contributed by atoms with Crippen molar-refractivity contribution in [3.05, 3.63) is 101 Å². The number of aryl methyl sites for hydroxylation is 1. The van der Waals surface area contributed by atoms with E-state index in [9.17, 15) is 29.1 Å². The molecule has 1 aliphatic carbocycles. The van der Waals surface area contributed by atoms with Gasteiger partial charge in [0.25, 0.3) is 5.91 Å². The third-order valence-electron chi connectivity index (χ3n) is 13.6. The lowest BCUT2D eigenvalue weighted by Gasteiger charge is -2.35. The van der Waals surface area contributed by atoms with Gasteiger partial charge < -0.3 is 50.0 Å². The van der Waals surface area contributed by atoms with E-state index >= 15 is 4.39 Å². The number of likely N-dealkylation sites (tertiary alicyclic amines) is 1. The molecule has 2 aliphatic heterocycles. The van der Waals surface area contributed by atoms with Crippen molar-refractivity contribution in [1.29, 1.82) is 0 Å². The minimum atomic E-state index is -1.01. The molecule has 5 amide bonds. The molecular weight excluding hydrogens is 1000 g/mol. The number of piperazine rings is 1. The second-order valence-corrected chi connectivity index (χ2v) is 21.1. The molecule has 402 valence electrons. The monoisotopic (exact) mass is 1060 g/mol. The summed E-state index contributed by atoms with van der Waals surface area (Å²) in [5.41, 5.74) is 7.33. The number of thiazole rings is 1. The highest BCUT2D eigenvalue weighted by Crippen LogP contribution is 2.41. The van der Waals surface area contributed by atoms with Gasteiger partial charge in [0.15, 0.2) is 11.5 Å². The Kier molecular flexibility index (Phi) is 16.8. The predicted molar refractivity (Wildman–Crippen MR) is 279 cm³/mol. The molecule has 2 saturated heterocycles. The van der Waals surface area contributed by atoms with Crippen LogP contribution >= 0.6 is 11.3 Å². The van der Waals surface area contributed by atoms with Crippen LogP contribution in [0.25, 0.3) is 27.3 Å². The average molecular weight is 1060 g/mol. The molecule has 3 aliphatic rings. The Morgan fingerprint density at radius 3 is 2.30 bits per heavy atom. The third-order valence-corrected chi connectivity index (χ3v) is 14.6. The van der Waals surface area contributed by atoms with Gasteiger partial charge >= 0.3 is 0 Å². The minimum Gasteiger partial charge on any atom is -0.391 e. The number of carbonyl (C=O) groups excluding carboxylic acids is 5. The number of H-pyrrole nitrogens is 1. The molecule has 6 aromatic rings. The fourth-order valence-corrected chi connectivity index (χ4v) is 10.0. The van der Waals surface area contributed by atoms with E-state index in [0.717, 1.165) is 51.5 Å². The van der Waals surface area contributed by atoms with Crippen LogP contribution in [0.5, 0.6) is 0 Å². The number of aromatic amines is 1. The fourth-order valence-electron chi connectivity index (χ4n) is 9.23. The lowest BCUT2D eigenvalue weighted by molar-refractivity contribution is -0.144. The Bertz CT molecular complexity index is 3020. The first-order valence-corrected chi connectivity index (χ1v) is 26.3. The number of β-amino-alcohol motifs (C(OH)–C–C–N with tert-alkyl or cyclic N) is 1. The van der Waals surface area contributed by atoms with E-state index in [0.29, 0.717) is 17.4 Å². The lowest BCUT2D eigenvalue weighted by Crippen LogP contribution is -2.58. The van der Waals surface area contributed by atoms with Gasteiger partial charge in [-0.25, -0.2) is 19.3 Å². The van der Waals surface area contributed by atoms with Gasteiger partial charge in [0.1, 0.15) is 31.1 Å². The molecule has 0 unspecified atom stereocenters. The Morgan fingerprint density at radius 2 is 1.63 bits per heavy atom. The number of nitrogens with zero attached hydrogens (tertiary/aromatic N) is 8. The molecule has 3 fully saturated rings. The summed E-state index contributed by atoms with van der Waals surface area (Å²) in [6, 6.07) is 10.2. The van der Waals surface area contributed by atoms with Crippen molar-refractivity contribution in [3.63, 3.8) is 0 Å². The van der Waals surface area contributed by atoms with Gasteiger partial charge in [-0.1, -0.05) is 45.0 Å². The molecule has 9 rings (SSSR count). The fraction of sp³-hybridized carbons (Fsp3) is 0.453. The first-order chi connectivity index (χ1) is 36.6. The molecule has 0 radical (unpaired) electrons. The van der Waals surface area contributed by atoms with Crippen molar-refractivity contribution in [2.24, 2.45) is 5.41 Å². The Balaban J connectivity index is 0.648. The number of ether oxygens (including phenoxy) is 3. The average Bonchev–Trinajstić information content (AvgIpc) is 3.78. The zero-order chi connectivity index (χ0) is 53.5. The van der Waals surface area contributed by atoms with E-state index in [1.807, 2.05) is 41.8 Å². The van der Waals surface area contributed by atoms with Crippen LogP contribution in [0.15, 0.2) is 72.8 Å². The summed E-state index contributed by atoms with van der Waals surface area (Å²) < 4.78 is 34.2. The summed E-state index contributed by atoms with van der Waals surface area (Å²) in [5.74, 6) is -1.88. The summed E-state index contributed by atoms with van der Waals surface area (Å²) in [4.78, 5) is 86.1. The molecule has 0 bridgehead atoms. The number of aliphatic hydroxyl groups is 1. The molecule has 4 aromatic heterocycles. The molecular formula is C53H63FN12O9S. The van der Waals surface area contributed by atoms with Gasteiger partial charge in [-0.3, -0.25) is 33.5 Å². The van der Waals surface area contributed by atoms with Gasteiger partial charge in [-0.05, 0) is 54.5 Å². The number of hydrogen-bond acceptors (Lipinski definition) is 15. The predicted octanol–water partition coefficient (Wildman–Crippen LogP) is 4.45. The molecule has 76 heavy (non-hydrogen) atoms. The van der Waals surface area contributed by atoms with Crippen LogP contribution < -0.4 is 16.0 Å². The molecule has 0 spiro atoms. The quantitative estimate of drug-likeness (QED) is 0.0625. The normalized spacial score (nSPS) is 17.3. The Hall–Kier alpha value is -7.18. The second-order valence-electron chi connectivity index (χ2n) is 20.3. The maximum Gasteiger partial charge on any atom is 0.254 e. The number of halogens is 1. The Morgan fingerprint density at radius 1 is 0.908 bits per heavy atom. The number of nitrogens with one attached hydrogen (secondary N) is 4. The molecule has 21 nitrogen and oxygen atoms in total. The lowest BCUT2D eigenvalue weighted by atomic mass is 9.85. The first-order valence-electron chi connectivity index (χ1n) is 25.4. The van der Waals surface area contributed by atoms with E-state index in [1.165, 1.54) is 17.0 Å². The highest BCUT2D eigenvalue weighted by molar-refractivity contribution is 7.13. The van der Waals surface area contributed by atoms with Crippen molar-refractivity contribution in [1.82, 2.24) is 54.9 Å². The van der Waals surface area contributed by atoms with Crippen molar-refractivity contribution >= 4 is 58.0 Å². The Labute approximate surface area is 442 Å². The van der Waals surface area contributed by atoms with Crippen LogP contribution in [0.2, 0.25) is 0 Å². The van der Waals surface area contributed by atoms with Gasteiger partial charge in [-0.15, -0.1) is 11.3 Å². The van der Waals surface area contributed by atoms with Crippen molar-refractivity contribution in [3.8, 4) is 21.7 Å². The van der Waals surface area contributed by atoms with E-state index in [-0.39, 0.29) is 108 Å². The summed E-state index contributed by atoms with van der Waals surface area (Å²) in [7, 11) is 0. The number of amides is 5. The number of aliphatic hydroxyl groups excluding tert-OH is 1. The highest BCUT2D eigenvalue weighted by Gasteiger charge is 2.44. The van der Waals surface area contributed by atoms with Gasteiger partial charge in [0, 0.05) is 75.1 Å². The number of rotatable bonds is 21. The van der Waals surface area contributed by atoms with E-state index in [2.05, 4.69) is 36.1 Å². The largest absolute Gasteiger partial charge is 0.391 e. The minimum absolute atomic E-state index is 0.0457. The van der Waals surface area contributed by atoms with Crippen LogP contribution in [0.4, 0.5) is 15.9 Å². The molecule has 5 N–H and O–H groups in total. The van der Waals surface area contributed by atoms with Crippen LogP contribution in [-0.2, 0) is 39.9 Å². The summed E-state index contributed by atoms with van der Waals surface area (Å²) >= 11 is 1.56. The molecule has 23 heteroatoms. The number of anilines is 2. The van der Waals surface area contributed by atoms with E-state index in [4.69, 9.17) is 19.2 Å². The third kappa shape index (κ3) is 12.9. The number of hydrogen-bond donors (Lipinski definition) is 5. The number of fused-ring (bicyclic) bond motifs is 1. The van der Waals surface area contributed by atoms with Gasteiger partial charge in [0.05, 0.1) is 78.1 Å². The topological polar surface area (TPSA) is 251 Å². The second kappa shape index (κ2) is 23.8. The van der Waals surface area contributed by atoms with Crippen molar-refractivity contribution in [2.45, 2.75) is 77.6 Å². The van der Waals surface area contributed by atoms with Gasteiger partial charge in [-0.2, -0.15) is 5.10 Å². The van der Waals surface area contributed by atoms with Crippen LogP contribution in [0.3, 0.4) is 0 Å². The standard InChI is InChI=1S/C53H63FN12O9S/c1-32-46(76-31-57-32)35-7-5-33(6-8-35)23-56-50(70)42-22-38(67)27-66(42)52(72)47(53(2,3)4)62-44(68)29-74-19-17-73-18-20-75-30-45(69)63-13-15-64(16-14-63)51(71)36-11-12-40(39(54)21-36)60-48-49-55-26-43(37-24-58-59-25-37)65(49)28-41(61-48)34-9-10-34/h5-8,11-12,21,24-26,28,31,34,38,42,47,67H,9-10,13-20,22-23,27,29-30H2,1-4H3,(H,56,70)(H,58,59)(H,60,61)(H,62,68)/t38-,42+,47-/m1/s1. The number of aromatic nitrogens is 6. The van der Waals surface area contributed by atoms with E-state index in [1.54, 1.807) is 72.1 Å². The number of imidazole rings is 1. The molecule has 6 heterocycles. The number of carbonyl (C=O) groups is 5. The molecule has 2 aromatic carbocycles. The smallest absolute Gasteiger partial charge is 0.254 e. The highest BCUT2D eigenvalue weighted by atomic mass is 32.1. The SMILES string of the molecule is Cc1ncsc1-c1ccc(CNC(=O)[C@@H]2C[C@@H](O)CN2C(=O)[C@@H](NC(=O)COCCOCCOCC(=O)N2CCN(C(=O)c3ccc(Nc4nc(C5CC5)cn5c(-c6cn[nH]c6)cnc45)c(F)c3)CC2)C(C)(C)C)cc1. The zero-order valence-corrected chi connectivity index (χ0v) is 43.7. The first kappa shape index (κ1) is 53.6. The molecule has 3 atom stereocenters. The molecule has 1 saturated carbocycles. The summed E-state index contributed by atoms with van der Waals surface area (Å²) in [5, 5.41) is 26.2. The summed E-state index contributed by atoms with van der Waals surface area (Å²) in [6.45, 7) is 8.64. The van der Waals surface area contributed by atoms with Crippen LogP contribution in [-0.4, -0.2) is 169 Å². The van der Waals surface area contributed by atoms with Gasteiger partial charge in [0.2, 0.25) is 23.6 Å². The maximum atomic E-state index is 15.6. The number of benzene rings is 2. The zero-order valence-electron chi connectivity index (χ0n) is 42.9. The maximum absolute atomic E-state index is 15.6. The summed E-state index contributed by atoms with van der Waals surface area (Å²) in [6.07, 6.45) is 8.39. The van der Waals surface area contributed by atoms with Crippen LogP contribution in [0, 0.1) is 18.2 Å².